The Morgan fingerprint density at radius 1 is 1.53 bits per heavy atom. The minimum absolute atomic E-state index is 0.0124. The zero-order chi connectivity index (χ0) is 12.4. The van der Waals surface area contributed by atoms with Gasteiger partial charge in [-0.05, 0) is 40.5 Å². The Morgan fingerprint density at radius 2 is 2.29 bits per heavy atom. The summed E-state index contributed by atoms with van der Waals surface area (Å²) in [4.78, 5) is 1.30. The Hall–Kier alpha value is -0.650. The molecular weight excluding hydrogens is 298 g/mol. The van der Waals surface area contributed by atoms with Gasteiger partial charge in [-0.3, -0.25) is 4.68 Å². The van der Waals surface area contributed by atoms with Gasteiger partial charge in [0.05, 0.1) is 21.2 Å². The fourth-order valence-corrected chi connectivity index (χ4v) is 3.39. The third-order valence-corrected chi connectivity index (χ3v) is 4.40. The van der Waals surface area contributed by atoms with Crippen LogP contribution in [0.15, 0.2) is 22.0 Å². The summed E-state index contributed by atoms with van der Waals surface area (Å²) in [5.41, 5.74) is 8.44. The topological polar surface area (TPSA) is 43.8 Å². The molecule has 0 amide bonds. The normalized spacial score (nSPS) is 12.9. The highest BCUT2D eigenvalue weighted by molar-refractivity contribution is 9.11. The van der Waals surface area contributed by atoms with Gasteiger partial charge < -0.3 is 5.73 Å². The van der Waals surface area contributed by atoms with Gasteiger partial charge in [-0.15, -0.1) is 11.3 Å². The second-order valence-corrected chi connectivity index (χ2v) is 6.60. The molecule has 0 aromatic carbocycles. The van der Waals surface area contributed by atoms with Gasteiger partial charge in [0, 0.05) is 18.3 Å². The molecule has 0 radical (unpaired) electrons. The van der Waals surface area contributed by atoms with E-state index in [2.05, 4.69) is 46.2 Å². The first-order valence-electron chi connectivity index (χ1n) is 5.62. The van der Waals surface area contributed by atoms with E-state index < -0.39 is 0 Å². The van der Waals surface area contributed by atoms with Crippen molar-refractivity contribution in [3.63, 3.8) is 0 Å². The van der Waals surface area contributed by atoms with E-state index >= 15 is 0 Å². The molecule has 0 saturated heterocycles. The highest BCUT2D eigenvalue weighted by atomic mass is 79.9. The average Bonchev–Trinajstić information content (AvgIpc) is 2.85. The second kappa shape index (κ2) is 5.33. The lowest BCUT2D eigenvalue weighted by Gasteiger charge is -2.10. The minimum Gasteiger partial charge on any atom is -0.322 e. The molecule has 2 aromatic heterocycles. The first-order valence-corrected chi connectivity index (χ1v) is 7.23. The maximum atomic E-state index is 6.24. The smallest absolute Gasteiger partial charge is 0.0701 e. The molecule has 0 fully saturated rings. The molecule has 0 aliphatic carbocycles. The Labute approximate surface area is 114 Å². The zero-order valence-corrected chi connectivity index (χ0v) is 12.4. The number of hydrogen-bond donors (Lipinski definition) is 1. The van der Waals surface area contributed by atoms with E-state index in [0.717, 1.165) is 28.0 Å². The summed E-state index contributed by atoms with van der Waals surface area (Å²) in [7, 11) is 1.96. The van der Waals surface area contributed by atoms with Crippen LogP contribution in [0.1, 0.15) is 29.2 Å². The lowest BCUT2D eigenvalue weighted by molar-refractivity contribution is 0.617. The van der Waals surface area contributed by atoms with E-state index in [4.69, 9.17) is 5.73 Å². The van der Waals surface area contributed by atoms with Crippen molar-refractivity contribution in [3.8, 4) is 0 Å². The van der Waals surface area contributed by atoms with Crippen molar-refractivity contribution in [2.24, 2.45) is 12.8 Å². The van der Waals surface area contributed by atoms with Crippen LogP contribution < -0.4 is 5.73 Å². The van der Waals surface area contributed by atoms with Crippen molar-refractivity contribution in [3.05, 3.63) is 38.3 Å². The molecule has 3 nitrogen and oxygen atoms in total. The number of aromatic nitrogens is 2. The number of hydrogen-bond acceptors (Lipinski definition) is 3. The first kappa shape index (κ1) is 12.8. The summed E-state index contributed by atoms with van der Waals surface area (Å²) < 4.78 is 3.05. The molecule has 92 valence electrons. The van der Waals surface area contributed by atoms with Crippen molar-refractivity contribution in [2.75, 3.05) is 0 Å². The van der Waals surface area contributed by atoms with E-state index in [1.165, 1.54) is 4.88 Å². The summed E-state index contributed by atoms with van der Waals surface area (Å²) in [6.07, 6.45) is 1.81. The molecular formula is C12H16BrN3S. The van der Waals surface area contributed by atoms with Crippen LogP contribution in [0.4, 0.5) is 0 Å². The van der Waals surface area contributed by atoms with Gasteiger partial charge >= 0.3 is 0 Å². The summed E-state index contributed by atoms with van der Waals surface area (Å²) in [6.45, 7) is 2.11. The zero-order valence-electron chi connectivity index (χ0n) is 9.98. The highest BCUT2D eigenvalue weighted by Gasteiger charge is 2.13. The molecule has 2 rings (SSSR count). The van der Waals surface area contributed by atoms with Crippen LogP contribution >= 0.6 is 27.3 Å². The Morgan fingerprint density at radius 3 is 2.82 bits per heavy atom. The number of halogens is 1. The van der Waals surface area contributed by atoms with Crippen LogP contribution in [0.25, 0.3) is 0 Å². The van der Waals surface area contributed by atoms with Crippen molar-refractivity contribution in [1.29, 1.82) is 0 Å². The summed E-state index contributed by atoms with van der Waals surface area (Å²) in [5, 5.41) is 4.43. The number of nitrogens with zero attached hydrogens (tertiary/aromatic N) is 2. The molecule has 5 heteroatoms. The van der Waals surface area contributed by atoms with Crippen LogP contribution in [-0.4, -0.2) is 9.78 Å². The van der Waals surface area contributed by atoms with E-state index in [0.29, 0.717) is 0 Å². The monoisotopic (exact) mass is 313 g/mol. The van der Waals surface area contributed by atoms with Gasteiger partial charge in [0.2, 0.25) is 0 Å². The summed E-state index contributed by atoms with van der Waals surface area (Å²) in [6, 6.07) is 6.30. The van der Waals surface area contributed by atoms with Gasteiger partial charge in [-0.2, -0.15) is 5.10 Å². The quantitative estimate of drug-likeness (QED) is 0.942. The molecule has 2 aromatic rings. The molecule has 0 bridgehead atoms. The Bertz CT molecular complexity index is 504. The number of aryl methyl sites for hydroxylation is 2. The maximum absolute atomic E-state index is 6.24. The van der Waals surface area contributed by atoms with E-state index in [-0.39, 0.29) is 6.04 Å². The average molecular weight is 314 g/mol. The van der Waals surface area contributed by atoms with E-state index in [1.54, 1.807) is 11.3 Å². The molecule has 17 heavy (non-hydrogen) atoms. The largest absolute Gasteiger partial charge is 0.322 e. The fourth-order valence-electron chi connectivity index (χ4n) is 1.85. The summed E-state index contributed by atoms with van der Waals surface area (Å²) >= 11 is 5.20. The van der Waals surface area contributed by atoms with Crippen molar-refractivity contribution >= 4 is 27.3 Å². The molecule has 0 aliphatic heterocycles. The molecule has 1 unspecified atom stereocenters. The first-order chi connectivity index (χ1) is 8.10. The predicted octanol–water partition coefficient (Wildman–Crippen LogP) is 3.05. The number of rotatable bonds is 4. The molecule has 0 aliphatic rings. The van der Waals surface area contributed by atoms with E-state index in [1.807, 2.05) is 11.7 Å². The van der Waals surface area contributed by atoms with Crippen LogP contribution in [0, 0.1) is 0 Å². The lowest BCUT2D eigenvalue weighted by Crippen LogP contribution is -2.16. The Kier molecular flexibility index (Phi) is 4.01. The second-order valence-electron chi connectivity index (χ2n) is 4.05. The maximum Gasteiger partial charge on any atom is 0.0701 e. The molecule has 2 N–H and O–H groups in total. The highest BCUT2D eigenvalue weighted by Crippen LogP contribution is 2.26. The van der Waals surface area contributed by atoms with Gasteiger partial charge in [-0.1, -0.05) is 6.92 Å². The lowest BCUT2D eigenvalue weighted by atomic mass is 10.1. The molecule has 0 saturated carbocycles. The predicted molar refractivity (Wildman–Crippen MR) is 75.2 cm³/mol. The van der Waals surface area contributed by atoms with Gasteiger partial charge in [-0.25, -0.2) is 0 Å². The van der Waals surface area contributed by atoms with E-state index in [9.17, 15) is 0 Å². The molecule has 1 atom stereocenters. The van der Waals surface area contributed by atoms with Crippen molar-refractivity contribution in [2.45, 2.75) is 25.8 Å². The van der Waals surface area contributed by atoms with Gasteiger partial charge in [0.15, 0.2) is 0 Å². The van der Waals surface area contributed by atoms with Crippen LogP contribution in [-0.2, 0) is 19.9 Å². The standard InChI is InChI=1S/C12H16BrN3S/c1-3-8-6-11(16(2)15-8)10(14)7-9-4-5-12(13)17-9/h4-6,10H,3,7,14H2,1-2H3. The third-order valence-electron chi connectivity index (χ3n) is 2.76. The van der Waals surface area contributed by atoms with Crippen molar-refractivity contribution < 1.29 is 0 Å². The van der Waals surface area contributed by atoms with Crippen LogP contribution in [0.2, 0.25) is 0 Å². The minimum atomic E-state index is 0.0124. The van der Waals surface area contributed by atoms with Crippen LogP contribution in [0.3, 0.4) is 0 Å². The van der Waals surface area contributed by atoms with Gasteiger partial charge in [0.25, 0.3) is 0 Å². The molecule has 0 spiro atoms. The number of nitrogens with two attached hydrogens (primary N) is 1. The summed E-state index contributed by atoms with van der Waals surface area (Å²) in [5.74, 6) is 0. The van der Waals surface area contributed by atoms with Crippen molar-refractivity contribution in [1.82, 2.24) is 9.78 Å². The fraction of sp³-hybridized carbons (Fsp3) is 0.417. The SMILES string of the molecule is CCc1cc(C(N)Cc2ccc(Br)s2)n(C)n1. The third kappa shape index (κ3) is 2.97. The van der Waals surface area contributed by atoms with Crippen LogP contribution in [0.5, 0.6) is 0 Å². The molecule has 2 heterocycles. The number of thiophene rings is 1. The Balaban J connectivity index is 2.13. The van der Waals surface area contributed by atoms with Gasteiger partial charge in [0.1, 0.15) is 0 Å².